The Morgan fingerprint density at radius 3 is 2.25 bits per heavy atom. The molecule has 0 bridgehead atoms. The van der Waals surface area contributed by atoms with E-state index in [2.05, 4.69) is 44.8 Å². The predicted molar refractivity (Wildman–Crippen MR) is 59.9 cm³/mol. The third-order valence-electron chi connectivity index (χ3n) is 1.76. The maximum atomic E-state index is 3.49. The zero-order chi connectivity index (χ0) is 9.40. The highest BCUT2D eigenvalue weighted by Gasteiger charge is 2.04. The predicted octanol–water partition coefficient (Wildman–Crippen LogP) is 2.76. The van der Waals surface area contributed by atoms with Gasteiger partial charge in [0.2, 0.25) is 0 Å². The molecule has 0 spiro atoms. The smallest absolute Gasteiger partial charge is 0.0155 e. The second-order valence-electron chi connectivity index (χ2n) is 3.59. The van der Waals surface area contributed by atoms with E-state index >= 15 is 0 Å². The summed E-state index contributed by atoms with van der Waals surface area (Å²) in [7, 11) is 0. The summed E-state index contributed by atoms with van der Waals surface area (Å²) in [6.45, 7) is 10.1. The third-order valence-corrected chi connectivity index (χ3v) is 3.30. The van der Waals surface area contributed by atoms with E-state index in [1.54, 1.807) is 0 Å². The molecule has 0 aromatic carbocycles. The van der Waals surface area contributed by atoms with Gasteiger partial charge in [-0.2, -0.15) is 11.8 Å². The molecule has 12 heavy (non-hydrogen) atoms. The van der Waals surface area contributed by atoms with Crippen LogP contribution in [0.4, 0.5) is 0 Å². The summed E-state index contributed by atoms with van der Waals surface area (Å²) < 4.78 is 0. The number of hydrogen-bond donors (Lipinski definition) is 1. The second-order valence-corrected chi connectivity index (χ2v) is 4.67. The quantitative estimate of drug-likeness (QED) is 0.661. The van der Waals surface area contributed by atoms with E-state index in [9.17, 15) is 0 Å². The van der Waals surface area contributed by atoms with Crippen molar-refractivity contribution < 1.29 is 0 Å². The molecule has 1 nitrogen and oxygen atoms in total. The van der Waals surface area contributed by atoms with Crippen molar-refractivity contribution in [2.75, 3.05) is 18.1 Å². The second kappa shape index (κ2) is 7.93. The molecule has 0 aliphatic rings. The van der Waals surface area contributed by atoms with Crippen molar-refractivity contribution >= 4 is 11.8 Å². The first kappa shape index (κ1) is 12.3. The average molecular weight is 189 g/mol. The molecule has 0 radical (unpaired) electrons. The monoisotopic (exact) mass is 189 g/mol. The molecule has 0 aromatic rings. The van der Waals surface area contributed by atoms with Gasteiger partial charge in [0.05, 0.1) is 0 Å². The topological polar surface area (TPSA) is 12.0 Å². The van der Waals surface area contributed by atoms with Gasteiger partial charge in [0.15, 0.2) is 0 Å². The van der Waals surface area contributed by atoms with Crippen molar-refractivity contribution in [3.8, 4) is 0 Å². The molecule has 0 saturated carbocycles. The van der Waals surface area contributed by atoms with Crippen LogP contribution >= 0.6 is 11.8 Å². The molecule has 74 valence electrons. The fraction of sp³-hybridized carbons (Fsp3) is 1.00. The minimum Gasteiger partial charge on any atom is -0.313 e. The summed E-state index contributed by atoms with van der Waals surface area (Å²) in [6.07, 6.45) is 1.25. The highest BCUT2D eigenvalue weighted by molar-refractivity contribution is 7.99. The molecule has 0 fully saturated rings. The van der Waals surface area contributed by atoms with E-state index in [-0.39, 0.29) is 0 Å². The summed E-state index contributed by atoms with van der Waals surface area (Å²) >= 11 is 2.07. The molecule has 1 N–H and O–H groups in total. The molecule has 0 heterocycles. The maximum Gasteiger partial charge on any atom is 0.0155 e. The largest absolute Gasteiger partial charge is 0.313 e. The third kappa shape index (κ3) is 6.99. The minimum absolute atomic E-state index is 0.721. The number of thioether (sulfide) groups is 1. The van der Waals surface area contributed by atoms with Gasteiger partial charge < -0.3 is 5.32 Å². The van der Waals surface area contributed by atoms with Crippen LogP contribution in [0.5, 0.6) is 0 Å². The Kier molecular flexibility index (Phi) is 8.14. The highest BCUT2D eigenvalue weighted by Crippen LogP contribution is 2.10. The van der Waals surface area contributed by atoms with E-state index < -0.39 is 0 Å². The molecule has 1 unspecified atom stereocenters. The van der Waals surface area contributed by atoms with Gasteiger partial charge in [0.1, 0.15) is 0 Å². The number of rotatable bonds is 7. The lowest BCUT2D eigenvalue weighted by Crippen LogP contribution is -2.30. The van der Waals surface area contributed by atoms with Crippen LogP contribution in [0.15, 0.2) is 0 Å². The fourth-order valence-electron chi connectivity index (χ4n) is 1.06. The van der Waals surface area contributed by atoms with E-state index in [1.807, 2.05) is 0 Å². The van der Waals surface area contributed by atoms with E-state index in [4.69, 9.17) is 0 Å². The van der Waals surface area contributed by atoms with Crippen LogP contribution in [0.2, 0.25) is 0 Å². The molecular formula is C10H23NS. The van der Waals surface area contributed by atoms with Crippen LogP contribution in [0, 0.1) is 5.92 Å². The molecular weight excluding hydrogens is 166 g/mol. The van der Waals surface area contributed by atoms with Crippen molar-refractivity contribution in [2.45, 2.75) is 40.2 Å². The summed E-state index contributed by atoms with van der Waals surface area (Å²) in [4.78, 5) is 0. The van der Waals surface area contributed by atoms with Crippen LogP contribution in [0.3, 0.4) is 0 Å². The first-order chi connectivity index (χ1) is 5.70. The molecule has 1 atom stereocenters. The summed E-state index contributed by atoms with van der Waals surface area (Å²) in [6, 6.07) is 0.721. The van der Waals surface area contributed by atoms with Gasteiger partial charge in [-0.05, 0) is 24.6 Å². The summed E-state index contributed by atoms with van der Waals surface area (Å²) in [5, 5.41) is 3.49. The van der Waals surface area contributed by atoms with Crippen LogP contribution in [-0.2, 0) is 0 Å². The van der Waals surface area contributed by atoms with Gasteiger partial charge in [-0.25, -0.2) is 0 Å². The first-order valence-electron chi connectivity index (χ1n) is 5.01. The van der Waals surface area contributed by atoms with Crippen LogP contribution in [0.25, 0.3) is 0 Å². The maximum absolute atomic E-state index is 3.49. The lowest BCUT2D eigenvalue weighted by Gasteiger charge is -2.15. The lowest BCUT2D eigenvalue weighted by molar-refractivity contribution is 0.559. The standard InChI is InChI=1S/C10H23NS/c1-5-10(11-6-2)8-12-7-9(3)4/h9-11H,5-8H2,1-4H3. The Morgan fingerprint density at radius 1 is 1.17 bits per heavy atom. The van der Waals surface area contributed by atoms with Crippen LogP contribution in [0.1, 0.15) is 34.1 Å². The van der Waals surface area contributed by atoms with E-state index in [1.165, 1.54) is 17.9 Å². The lowest BCUT2D eigenvalue weighted by atomic mass is 10.2. The Hall–Kier alpha value is 0.310. The molecule has 2 heteroatoms. The normalized spacial score (nSPS) is 13.8. The zero-order valence-corrected chi connectivity index (χ0v) is 9.71. The molecule has 0 saturated heterocycles. The van der Waals surface area contributed by atoms with Gasteiger partial charge in [-0.15, -0.1) is 0 Å². The van der Waals surface area contributed by atoms with Crippen molar-refractivity contribution in [2.24, 2.45) is 5.92 Å². The van der Waals surface area contributed by atoms with Gasteiger partial charge in [-0.3, -0.25) is 0 Å². The molecule has 0 aliphatic carbocycles. The summed E-state index contributed by atoms with van der Waals surface area (Å²) in [5.41, 5.74) is 0. The SMILES string of the molecule is CCNC(CC)CSCC(C)C. The van der Waals surface area contributed by atoms with Gasteiger partial charge in [-0.1, -0.05) is 27.7 Å². The van der Waals surface area contributed by atoms with Crippen LogP contribution in [-0.4, -0.2) is 24.1 Å². The van der Waals surface area contributed by atoms with E-state index in [0.29, 0.717) is 0 Å². The fourth-order valence-corrected chi connectivity index (χ4v) is 2.30. The van der Waals surface area contributed by atoms with Gasteiger partial charge in [0.25, 0.3) is 0 Å². The molecule has 0 amide bonds. The van der Waals surface area contributed by atoms with Crippen molar-refractivity contribution in [1.29, 1.82) is 0 Å². The number of hydrogen-bond acceptors (Lipinski definition) is 2. The van der Waals surface area contributed by atoms with Crippen molar-refractivity contribution in [3.05, 3.63) is 0 Å². The Morgan fingerprint density at radius 2 is 1.83 bits per heavy atom. The molecule has 0 aliphatic heterocycles. The van der Waals surface area contributed by atoms with Crippen molar-refractivity contribution in [1.82, 2.24) is 5.32 Å². The molecule has 0 rings (SSSR count). The minimum atomic E-state index is 0.721. The zero-order valence-electron chi connectivity index (χ0n) is 8.89. The highest BCUT2D eigenvalue weighted by atomic mass is 32.2. The average Bonchev–Trinajstić information content (AvgIpc) is 2.02. The van der Waals surface area contributed by atoms with Gasteiger partial charge in [0, 0.05) is 11.8 Å². The van der Waals surface area contributed by atoms with Crippen molar-refractivity contribution in [3.63, 3.8) is 0 Å². The van der Waals surface area contributed by atoms with Crippen LogP contribution < -0.4 is 5.32 Å². The Balaban J connectivity index is 3.31. The van der Waals surface area contributed by atoms with Gasteiger partial charge >= 0.3 is 0 Å². The first-order valence-corrected chi connectivity index (χ1v) is 6.17. The Bertz CT molecular complexity index is 93.8. The Labute approximate surface area is 81.7 Å². The number of nitrogens with one attached hydrogen (secondary N) is 1. The summed E-state index contributed by atoms with van der Waals surface area (Å²) in [5.74, 6) is 3.39. The molecule has 0 aromatic heterocycles. The van der Waals surface area contributed by atoms with E-state index in [0.717, 1.165) is 18.5 Å².